The molecular weight excluding hydrogens is 448 g/mol. The first-order valence-electron chi connectivity index (χ1n) is 11.7. The zero-order chi connectivity index (χ0) is 24.4. The zero-order valence-corrected chi connectivity index (χ0v) is 19.3. The Bertz CT molecular complexity index is 1220. The number of rotatable bonds is 6. The average Bonchev–Trinajstić information content (AvgIpc) is 3.30. The van der Waals surface area contributed by atoms with Crippen molar-refractivity contribution in [3.05, 3.63) is 60.8 Å². The van der Waals surface area contributed by atoms with Crippen molar-refractivity contribution >= 4 is 17.8 Å². The number of amides is 4. The highest BCUT2D eigenvalue weighted by Gasteiger charge is 2.58. The maximum Gasteiger partial charge on any atom is 0.328 e. The van der Waals surface area contributed by atoms with Crippen LogP contribution in [-0.2, 0) is 16.6 Å². The molecule has 2 heterocycles. The van der Waals surface area contributed by atoms with Gasteiger partial charge in [-0.15, -0.1) is 0 Å². The van der Waals surface area contributed by atoms with Crippen LogP contribution < -0.4 is 20.1 Å². The van der Waals surface area contributed by atoms with Crippen LogP contribution in [0, 0.1) is 5.92 Å². The average molecular weight is 475 g/mol. The second-order valence-corrected chi connectivity index (χ2v) is 8.88. The second kappa shape index (κ2) is 9.25. The highest BCUT2D eigenvalue weighted by molar-refractivity contribution is 6.22. The standard InChI is InChI=1S/C26H26N4O5/c1-30-16-15-22(29-30)17-7-9-19(10-8-17)34-20-11-13-21(14-12-20)35-26(18-5-3-2-4-6-18)23(31)27-25(33)28-24(26)32/h7-16,18H,2-6H2,1H3,(H2,27,28,31,32,33). The maximum atomic E-state index is 12.9. The lowest BCUT2D eigenvalue weighted by Gasteiger charge is -2.41. The van der Waals surface area contributed by atoms with Crippen molar-refractivity contribution in [1.82, 2.24) is 20.4 Å². The lowest BCUT2D eigenvalue weighted by Crippen LogP contribution is -2.72. The van der Waals surface area contributed by atoms with E-state index in [4.69, 9.17) is 9.47 Å². The number of hydrogen-bond acceptors (Lipinski definition) is 6. The Hall–Kier alpha value is -4.14. The van der Waals surface area contributed by atoms with E-state index in [0.717, 1.165) is 30.5 Å². The smallest absolute Gasteiger partial charge is 0.328 e. The monoisotopic (exact) mass is 474 g/mol. The topological polar surface area (TPSA) is 112 Å². The first-order valence-corrected chi connectivity index (χ1v) is 11.7. The Morgan fingerprint density at radius 2 is 1.40 bits per heavy atom. The van der Waals surface area contributed by atoms with Gasteiger partial charge in [-0.2, -0.15) is 5.10 Å². The Balaban J connectivity index is 1.32. The van der Waals surface area contributed by atoms with Crippen molar-refractivity contribution in [3.8, 4) is 28.5 Å². The van der Waals surface area contributed by atoms with Crippen LogP contribution in [0.1, 0.15) is 32.1 Å². The molecule has 2 N–H and O–H groups in total. The molecule has 0 bridgehead atoms. The van der Waals surface area contributed by atoms with Gasteiger partial charge < -0.3 is 9.47 Å². The number of urea groups is 1. The van der Waals surface area contributed by atoms with Gasteiger partial charge in [-0.1, -0.05) is 19.3 Å². The lowest BCUT2D eigenvalue weighted by atomic mass is 9.75. The van der Waals surface area contributed by atoms with Crippen LogP contribution in [0.25, 0.3) is 11.3 Å². The summed E-state index contributed by atoms with van der Waals surface area (Å²) in [4.78, 5) is 37.6. The van der Waals surface area contributed by atoms with E-state index in [9.17, 15) is 14.4 Å². The van der Waals surface area contributed by atoms with E-state index in [1.54, 1.807) is 28.9 Å². The van der Waals surface area contributed by atoms with Gasteiger partial charge in [0.2, 0.25) is 0 Å². The summed E-state index contributed by atoms with van der Waals surface area (Å²) in [7, 11) is 1.87. The number of nitrogens with zero attached hydrogens (tertiary/aromatic N) is 2. The van der Waals surface area contributed by atoms with E-state index in [2.05, 4.69) is 15.7 Å². The molecule has 1 saturated heterocycles. The zero-order valence-electron chi connectivity index (χ0n) is 19.3. The molecular formula is C26H26N4O5. The van der Waals surface area contributed by atoms with E-state index in [0.29, 0.717) is 30.1 Å². The predicted octanol–water partition coefficient (Wildman–Crippen LogP) is 3.94. The molecule has 9 heteroatoms. The van der Waals surface area contributed by atoms with Crippen LogP contribution in [0.5, 0.6) is 17.2 Å². The molecule has 1 aliphatic heterocycles. The van der Waals surface area contributed by atoms with Gasteiger partial charge in [0.05, 0.1) is 5.69 Å². The fraction of sp³-hybridized carbons (Fsp3) is 0.308. The minimum absolute atomic E-state index is 0.321. The summed E-state index contributed by atoms with van der Waals surface area (Å²) in [6, 6.07) is 15.4. The molecule has 0 radical (unpaired) electrons. The van der Waals surface area contributed by atoms with E-state index in [-0.39, 0.29) is 5.92 Å². The Labute approximate surface area is 202 Å². The third-order valence-corrected chi connectivity index (χ3v) is 6.51. The molecule has 1 aliphatic carbocycles. The third-order valence-electron chi connectivity index (χ3n) is 6.51. The summed E-state index contributed by atoms with van der Waals surface area (Å²) in [5.74, 6) is -0.187. The Kier molecular flexibility index (Phi) is 5.98. The molecule has 35 heavy (non-hydrogen) atoms. The number of ether oxygens (including phenoxy) is 2. The van der Waals surface area contributed by atoms with Crippen LogP contribution in [0.2, 0.25) is 0 Å². The predicted molar refractivity (Wildman–Crippen MR) is 127 cm³/mol. The normalized spacial score (nSPS) is 18.0. The summed E-state index contributed by atoms with van der Waals surface area (Å²) < 4.78 is 13.8. The van der Waals surface area contributed by atoms with Crippen molar-refractivity contribution in [2.45, 2.75) is 37.7 Å². The number of aryl methyl sites for hydroxylation is 1. The van der Waals surface area contributed by atoms with Crippen molar-refractivity contribution in [3.63, 3.8) is 0 Å². The van der Waals surface area contributed by atoms with Crippen LogP contribution in [0.3, 0.4) is 0 Å². The Morgan fingerprint density at radius 3 is 1.97 bits per heavy atom. The molecule has 9 nitrogen and oxygen atoms in total. The molecule has 1 saturated carbocycles. The van der Waals surface area contributed by atoms with Gasteiger partial charge in [0, 0.05) is 24.7 Å². The van der Waals surface area contributed by atoms with Crippen LogP contribution >= 0.6 is 0 Å². The van der Waals surface area contributed by atoms with Crippen molar-refractivity contribution in [2.24, 2.45) is 13.0 Å². The van der Waals surface area contributed by atoms with Gasteiger partial charge in [-0.3, -0.25) is 24.9 Å². The molecule has 0 atom stereocenters. The van der Waals surface area contributed by atoms with Crippen LogP contribution in [0.4, 0.5) is 4.79 Å². The van der Waals surface area contributed by atoms with Gasteiger partial charge in [-0.05, 0) is 67.4 Å². The number of carbonyl (C=O) groups is 3. The molecule has 0 spiro atoms. The number of hydrogen-bond donors (Lipinski definition) is 2. The fourth-order valence-corrected chi connectivity index (χ4v) is 4.74. The largest absolute Gasteiger partial charge is 0.467 e. The van der Waals surface area contributed by atoms with Crippen molar-refractivity contribution < 1.29 is 23.9 Å². The molecule has 3 aromatic rings. The molecule has 0 unspecified atom stereocenters. The number of carbonyl (C=O) groups excluding carboxylic acids is 3. The Morgan fingerprint density at radius 1 is 0.829 bits per heavy atom. The quantitative estimate of drug-likeness (QED) is 0.524. The summed E-state index contributed by atoms with van der Waals surface area (Å²) >= 11 is 0. The van der Waals surface area contributed by atoms with E-state index in [1.165, 1.54) is 0 Å². The van der Waals surface area contributed by atoms with E-state index >= 15 is 0 Å². The maximum absolute atomic E-state index is 12.9. The minimum Gasteiger partial charge on any atom is -0.467 e. The van der Waals surface area contributed by atoms with Gasteiger partial charge in [0.25, 0.3) is 17.4 Å². The molecule has 2 fully saturated rings. The first-order chi connectivity index (χ1) is 16.9. The van der Waals surface area contributed by atoms with Crippen molar-refractivity contribution in [1.29, 1.82) is 0 Å². The number of aromatic nitrogens is 2. The highest BCUT2D eigenvalue weighted by atomic mass is 16.5. The van der Waals surface area contributed by atoms with Gasteiger partial charge in [0.15, 0.2) is 0 Å². The summed E-state index contributed by atoms with van der Waals surface area (Å²) in [6.07, 6.45) is 6.08. The number of barbiturate groups is 1. The van der Waals surface area contributed by atoms with E-state index in [1.807, 2.05) is 43.6 Å². The number of benzene rings is 2. The van der Waals surface area contributed by atoms with Crippen molar-refractivity contribution in [2.75, 3.05) is 0 Å². The molecule has 180 valence electrons. The lowest BCUT2D eigenvalue weighted by molar-refractivity contribution is -0.158. The molecule has 5 rings (SSSR count). The van der Waals surface area contributed by atoms with Crippen LogP contribution in [-0.4, -0.2) is 33.2 Å². The van der Waals surface area contributed by atoms with Gasteiger partial charge >= 0.3 is 6.03 Å². The first kappa shape index (κ1) is 22.6. The van der Waals surface area contributed by atoms with Gasteiger partial charge in [0.1, 0.15) is 17.2 Å². The van der Waals surface area contributed by atoms with E-state index < -0.39 is 23.4 Å². The fourth-order valence-electron chi connectivity index (χ4n) is 4.74. The molecule has 2 aromatic carbocycles. The minimum atomic E-state index is -1.78. The summed E-state index contributed by atoms with van der Waals surface area (Å²) in [5, 5.41) is 8.82. The summed E-state index contributed by atoms with van der Waals surface area (Å²) in [5.41, 5.74) is 0.0834. The van der Waals surface area contributed by atoms with Crippen LogP contribution in [0.15, 0.2) is 60.8 Å². The number of imide groups is 2. The highest BCUT2D eigenvalue weighted by Crippen LogP contribution is 2.38. The third kappa shape index (κ3) is 4.49. The number of nitrogens with one attached hydrogen (secondary N) is 2. The van der Waals surface area contributed by atoms with Gasteiger partial charge in [-0.25, -0.2) is 4.79 Å². The summed E-state index contributed by atoms with van der Waals surface area (Å²) in [6.45, 7) is 0. The second-order valence-electron chi connectivity index (χ2n) is 8.88. The SMILES string of the molecule is Cn1ccc(-c2ccc(Oc3ccc(OC4(C5CCCCC5)C(=O)NC(=O)NC4=O)cc3)cc2)n1. The molecule has 1 aromatic heterocycles. The molecule has 2 aliphatic rings. The molecule has 4 amide bonds.